The first kappa shape index (κ1) is 14.4. The summed E-state index contributed by atoms with van der Waals surface area (Å²) in [5.41, 5.74) is -0.397. The van der Waals surface area contributed by atoms with Gasteiger partial charge in [-0.3, -0.25) is 4.79 Å². The summed E-state index contributed by atoms with van der Waals surface area (Å²) in [5, 5.41) is 13.6. The predicted octanol–water partition coefficient (Wildman–Crippen LogP) is 2.80. The number of hydrogen-bond donors (Lipinski definition) is 2. The normalized spacial score (nSPS) is 20.5. The van der Waals surface area contributed by atoms with Crippen LogP contribution in [-0.4, -0.2) is 24.2 Å². The Hall–Kier alpha value is -1.56. The summed E-state index contributed by atoms with van der Waals surface area (Å²) < 4.78 is 6.09. The number of carbonyl (C=O) groups excluding carboxylic acids is 1. The molecular formula is C15H14ClNO3S. The topological polar surface area (TPSA) is 58.6 Å². The molecule has 0 saturated heterocycles. The number of ether oxygens (including phenoxy) is 1. The van der Waals surface area contributed by atoms with E-state index >= 15 is 0 Å². The van der Waals surface area contributed by atoms with Gasteiger partial charge in [0.1, 0.15) is 11.4 Å². The minimum atomic E-state index is -1.11. The zero-order valence-corrected chi connectivity index (χ0v) is 12.7. The highest BCUT2D eigenvalue weighted by atomic mass is 35.5. The molecule has 1 aliphatic heterocycles. The SMILES string of the molecule is O=C(NCC1(O)CCOc2ccccc21)c1ccc(Cl)s1. The molecule has 6 heteroatoms. The van der Waals surface area contributed by atoms with E-state index in [2.05, 4.69) is 5.32 Å². The number of nitrogens with one attached hydrogen (secondary N) is 1. The van der Waals surface area contributed by atoms with Gasteiger partial charge in [-0.05, 0) is 18.2 Å². The van der Waals surface area contributed by atoms with Crippen molar-refractivity contribution >= 4 is 28.8 Å². The lowest BCUT2D eigenvalue weighted by molar-refractivity contribution is -0.00157. The third-order valence-electron chi connectivity index (χ3n) is 3.50. The van der Waals surface area contributed by atoms with Crippen molar-refractivity contribution < 1.29 is 14.6 Å². The van der Waals surface area contributed by atoms with Crippen LogP contribution in [0.4, 0.5) is 0 Å². The van der Waals surface area contributed by atoms with Crippen molar-refractivity contribution in [3.05, 3.63) is 51.2 Å². The highest BCUT2D eigenvalue weighted by Gasteiger charge is 2.35. The molecule has 1 atom stereocenters. The molecule has 0 radical (unpaired) electrons. The molecule has 1 aliphatic rings. The van der Waals surface area contributed by atoms with Crippen LogP contribution in [0.2, 0.25) is 4.34 Å². The van der Waals surface area contributed by atoms with E-state index in [9.17, 15) is 9.90 Å². The average Bonchev–Trinajstić information content (AvgIpc) is 2.92. The fourth-order valence-corrected chi connectivity index (χ4v) is 3.33. The van der Waals surface area contributed by atoms with Gasteiger partial charge in [0.2, 0.25) is 0 Å². The Morgan fingerprint density at radius 2 is 2.19 bits per heavy atom. The molecule has 2 heterocycles. The van der Waals surface area contributed by atoms with E-state index in [0.717, 1.165) is 0 Å². The summed E-state index contributed by atoms with van der Waals surface area (Å²) in [5.74, 6) is 0.434. The quantitative estimate of drug-likeness (QED) is 0.913. The molecule has 1 aromatic carbocycles. The number of amides is 1. The summed E-state index contributed by atoms with van der Waals surface area (Å²) in [6.45, 7) is 0.565. The molecule has 0 saturated carbocycles. The molecule has 2 N–H and O–H groups in total. The minimum Gasteiger partial charge on any atom is -0.493 e. The van der Waals surface area contributed by atoms with Crippen molar-refractivity contribution in [2.45, 2.75) is 12.0 Å². The molecule has 21 heavy (non-hydrogen) atoms. The Morgan fingerprint density at radius 1 is 1.38 bits per heavy atom. The average molecular weight is 324 g/mol. The molecule has 1 unspecified atom stereocenters. The van der Waals surface area contributed by atoms with Crippen LogP contribution in [0.1, 0.15) is 21.7 Å². The molecular weight excluding hydrogens is 310 g/mol. The van der Waals surface area contributed by atoms with Crippen LogP contribution in [0.15, 0.2) is 36.4 Å². The maximum atomic E-state index is 12.1. The van der Waals surface area contributed by atoms with Gasteiger partial charge < -0.3 is 15.2 Å². The van der Waals surface area contributed by atoms with Crippen molar-refractivity contribution in [2.24, 2.45) is 0 Å². The minimum absolute atomic E-state index is 0.141. The van der Waals surface area contributed by atoms with Crippen LogP contribution in [-0.2, 0) is 5.60 Å². The Labute approximate surface area is 131 Å². The summed E-state index contributed by atoms with van der Waals surface area (Å²) in [7, 11) is 0. The number of carbonyl (C=O) groups is 1. The summed E-state index contributed by atoms with van der Waals surface area (Å²) in [4.78, 5) is 12.6. The van der Waals surface area contributed by atoms with Gasteiger partial charge in [0.05, 0.1) is 22.4 Å². The van der Waals surface area contributed by atoms with Crippen LogP contribution in [0.3, 0.4) is 0 Å². The maximum absolute atomic E-state index is 12.1. The van der Waals surface area contributed by atoms with Gasteiger partial charge >= 0.3 is 0 Å². The lowest BCUT2D eigenvalue weighted by atomic mass is 9.88. The van der Waals surface area contributed by atoms with E-state index in [1.165, 1.54) is 11.3 Å². The van der Waals surface area contributed by atoms with E-state index in [4.69, 9.17) is 16.3 Å². The van der Waals surface area contributed by atoms with Crippen molar-refractivity contribution in [1.82, 2.24) is 5.32 Å². The lowest BCUT2D eigenvalue weighted by Crippen LogP contribution is -2.43. The van der Waals surface area contributed by atoms with Crippen LogP contribution in [0.5, 0.6) is 5.75 Å². The number of rotatable bonds is 3. The molecule has 110 valence electrons. The molecule has 0 aliphatic carbocycles. The molecule has 0 fully saturated rings. The van der Waals surface area contributed by atoms with Crippen molar-refractivity contribution in [3.63, 3.8) is 0 Å². The largest absolute Gasteiger partial charge is 0.493 e. The van der Waals surface area contributed by atoms with Gasteiger partial charge in [0, 0.05) is 12.0 Å². The number of aliphatic hydroxyl groups is 1. The lowest BCUT2D eigenvalue weighted by Gasteiger charge is -2.34. The number of benzene rings is 1. The molecule has 2 aromatic rings. The van der Waals surface area contributed by atoms with E-state index in [1.807, 2.05) is 24.3 Å². The van der Waals surface area contributed by atoms with E-state index in [1.54, 1.807) is 12.1 Å². The number of thiophene rings is 1. The van der Waals surface area contributed by atoms with Gasteiger partial charge in [0.25, 0.3) is 5.91 Å². The zero-order chi connectivity index (χ0) is 14.9. The monoisotopic (exact) mass is 323 g/mol. The van der Waals surface area contributed by atoms with E-state index in [0.29, 0.717) is 33.6 Å². The number of hydrogen-bond acceptors (Lipinski definition) is 4. The second kappa shape index (κ2) is 5.67. The third-order valence-corrected chi connectivity index (χ3v) is 4.73. The van der Waals surface area contributed by atoms with Crippen LogP contribution in [0, 0.1) is 0 Å². The Kier molecular flexibility index (Phi) is 3.89. The molecule has 0 spiro atoms. The predicted molar refractivity (Wildman–Crippen MR) is 82.1 cm³/mol. The zero-order valence-electron chi connectivity index (χ0n) is 11.1. The fourth-order valence-electron chi connectivity index (χ4n) is 2.38. The van der Waals surface area contributed by atoms with Crippen molar-refractivity contribution in [1.29, 1.82) is 0 Å². The van der Waals surface area contributed by atoms with Crippen LogP contribution < -0.4 is 10.1 Å². The molecule has 0 bridgehead atoms. The summed E-state index contributed by atoms with van der Waals surface area (Å²) in [6, 6.07) is 10.7. The molecule has 4 nitrogen and oxygen atoms in total. The van der Waals surface area contributed by atoms with Crippen molar-refractivity contribution in [2.75, 3.05) is 13.2 Å². The van der Waals surface area contributed by atoms with Crippen LogP contribution in [0.25, 0.3) is 0 Å². The van der Waals surface area contributed by atoms with Gasteiger partial charge in [-0.15, -0.1) is 11.3 Å². The van der Waals surface area contributed by atoms with Gasteiger partial charge in [-0.25, -0.2) is 0 Å². The molecule has 1 aromatic heterocycles. The molecule has 1 amide bonds. The summed E-state index contributed by atoms with van der Waals surface area (Å²) >= 11 is 7.03. The first-order valence-corrected chi connectivity index (χ1v) is 7.76. The Morgan fingerprint density at radius 3 is 2.95 bits per heavy atom. The van der Waals surface area contributed by atoms with E-state index < -0.39 is 5.60 Å². The van der Waals surface area contributed by atoms with Gasteiger partial charge in [0.15, 0.2) is 0 Å². The Balaban J connectivity index is 1.74. The second-order valence-corrected chi connectivity index (χ2v) is 6.63. The second-order valence-electron chi connectivity index (χ2n) is 4.91. The third kappa shape index (κ3) is 2.90. The van der Waals surface area contributed by atoms with Gasteiger partial charge in [-0.1, -0.05) is 29.8 Å². The van der Waals surface area contributed by atoms with Crippen molar-refractivity contribution in [3.8, 4) is 5.75 Å². The summed E-state index contributed by atoms with van der Waals surface area (Å²) in [6.07, 6.45) is 0.440. The van der Waals surface area contributed by atoms with Crippen LogP contribution >= 0.6 is 22.9 Å². The standard InChI is InChI=1S/C15H14ClNO3S/c16-13-6-5-12(21-13)14(18)17-9-15(19)7-8-20-11-4-2-1-3-10(11)15/h1-6,19H,7-9H2,(H,17,18). The van der Waals surface area contributed by atoms with Gasteiger partial charge in [-0.2, -0.15) is 0 Å². The maximum Gasteiger partial charge on any atom is 0.261 e. The number of para-hydroxylation sites is 1. The number of halogens is 1. The first-order valence-electron chi connectivity index (χ1n) is 6.57. The van der Waals surface area contributed by atoms with E-state index in [-0.39, 0.29) is 12.5 Å². The highest BCUT2D eigenvalue weighted by molar-refractivity contribution is 7.17. The molecule has 3 rings (SSSR count). The smallest absolute Gasteiger partial charge is 0.261 e. The number of fused-ring (bicyclic) bond motifs is 1. The first-order chi connectivity index (χ1) is 10.1. The highest BCUT2D eigenvalue weighted by Crippen LogP contribution is 2.36. The fraction of sp³-hybridized carbons (Fsp3) is 0.267. The Bertz CT molecular complexity index is 672.